The van der Waals surface area contributed by atoms with Crippen molar-refractivity contribution >= 4 is 56.8 Å². The van der Waals surface area contributed by atoms with Gasteiger partial charge in [-0.05, 0) is 58.4 Å². The molecule has 4 heterocycles. The van der Waals surface area contributed by atoms with Gasteiger partial charge in [-0.1, -0.05) is 32.9 Å². The maximum atomic E-state index is 13.0. The average Bonchev–Trinajstić information content (AvgIpc) is 3.60. The van der Waals surface area contributed by atoms with Gasteiger partial charge in [-0.2, -0.15) is 11.8 Å². The fraction of sp³-hybridized carbons (Fsp3) is 0.562. The summed E-state index contributed by atoms with van der Waals surface area (Å²) in [5.74, 6) is 2.86. The Morgan fingerprint density at radius 3 is 2.60 bits per heavy atom. The number of imidazole rings is 1. The van der Waals surface area contributed by atoms with Crippen molar-refractivity contribution in [3.63, 3.8) is 0 Å². The molecule has 0 bridgehead atoms. The van der Waals surface area contributed by atoms with Crippen LogP contribution in [0, 0.1) is 0 Å². The molecule has 3 N–H and O–H groups in total. The lowest BCUT2D eigenvalue weighted by atomic mass is 9.87. The van der Waals surface area contributed by atoms with Crippen LogP contribution in [0.25, 0.3) is 5.65 Å². The van der Waals surface area contributed by atoms with E-state index in [2.05, 4.69) is 67.1 Å². The van der Waals surface area contributed by atoms with Crippen LogP contribution in [0.4, 0.5) is 16.3 Å². The second kappa shape index (κ2) is 14.7. The maximum absolute atomic E-state index is 13.0. The van der Waals surface area contributed by atoms with E-state index in [-0.39, 0.29) is 17.4 Å². The molecule has 2 fully saturated rings. The average molecular weight is 702 g/mol. The van der Waals surface area contributed by atoms with Crippen molar-refractivity contribution in [2.45, 2.75) is 51.0 Å². The third-order valence-corrected chi connectivity index (χ3v) is 9.99. The van der Waals surface area contributed by atoms with Crippen molar-refractivity contribution < 1.29 is 14.7 Å². The molecule has 5 rings (SSSR count). The zero-order chi connectivity index (χ0) is 32.0. The topological polar surface area (TPSA) is 118 Å². The second-order valence-corrected chi connectivity index (χ2v) is 15.0. The monoisotopic (exact) mass is 700 g/mol. The van der Waals surface area contributed by atoms with E-state index in [9.17, 15) is 14.7 Å². The van der Waals surface area contributed by atoms with E-state index in [1.165, 1.54) is 5.56 Å². The van der Waals surface area contributed by atoms with Crippen molar-refractivity contribution in [2.75, 3.05) is 74.1 Å². The molecule has 0 radical (unpaired) electrons. The van der Waals surface area contributed by atoms with E-state index in [0.29, 0.717) is 58.5 Å². The van der Waals surface area contributed by atoms with Gasteiger partial charge in [0.25, 0.3) is 0 Å². The summed E-state index contributed by atoms with van der Waals surface area (Å²) in [5, 5.41) is 17.6. The quantitative estimate of drug-likeness (QED) is 0.255. The SMILES string of the molecule is CC(C)(C)c1ccc(NC(=O)NCCCN(CCC(=O)N2CCSCC2)CC2(O)CCN(c3nccn4c(Br)cnc34)C2)cc1. The molecular weight excluding hydrogens is 656 g/mol. The molecule has 13 heteroatoms. The van der Waals surface area contributed by atoms with Gasteiger partial charge >= 0.3 is 6.03 Å². The summed E-state index contributed by atoms with van der Waals surface area (Å²) in [4.78, 5) is 40.9. The van der Waals surface area contributed by atoms with Crippen molar-refractivity contribution in [1.82, 2.24) is 29.5 Å². The minimum Gasteiger partial charge on any atom is -0.387 e. The summed E-state index contributed by atoms with van der Waals surface area (Å²) in [6.07, 6.45) is 7.03. The summed E-state index contributed by atoms with van der Waals surface area (Å²) in [6.45, 7) is 11.3. The Kier molecular flexibility index (Phi) is 10.9. The summed E-state index contributed by atoms with van der Waals surface area (Å²) < 4.78 is 2.78. The number of carbonyl (C=O) groups is 2. The second-order valence-electron chi connectivity index (χ2n) is 13.0. The molecule has 1 atom stereocenters. The summed E-state index contributed by atoms with van der Waals surface area (Å²) in [7, 11) is 0. The van der Waals surface area contributed by atoms with E-state index >= 15 is 0 Å². The number of rotatable bonds is 11. The van der Waals surface area contributed by atoms with Crippen LogP contribution < -0.4 is 15.5 Å². The largest absolute Gasteiger partial charge is 0.387 e. The van der Waals surface area contributed by atoms with Gasteiger partial charge in [-0.25, -0.2) is 14.8 Å². The van der Waals surface area contributed by atoms with Crippen LogP contribution in [0.15, 0.2) is 47.5 Å². The van der Waals surface area contributed by atoms with Gasteiger partial charge in [0.05, 0.1) is 11.8 Å². The van der Waals surface area contributed by atoms with Gasteiger partial charge in [0, 0.05) is 81.8 Å². The first-order valence-corrected chi connectivity index (χ1v) is 17.6. The van der Waals surface area contributed by atoms with E-state index < -0.39 is 5.60 Å². The third-order valence-electron chi connectivity index (χ3n) is 8.47. The number of halogens is 1. The highest BCUT2D eigenvalue weighted by Gasteiger charge is 2.39. The highest BCUT2D eigenvalue weighted by atomic mass is 79.9. The number of aromatic nitrogens is 3. The standard InChI is InChI=1S/C32H45BrN8O3S/c1-31(2,3)24-5-7-25(8-6-24)37-30(43)35-11-4-13-38(14-9-27(42)39-17-19-45-20-18-39)22-32(44)10-15-40(23-32)28-29-36-21-26(33)41(29)16-12-34-28/h5-8,12,16,21,44H,4,9-11,13-15,17-20,22-23H2,1-3H3,(H2,35,37,43). The first kappa shape index (κ1) is 33.5. The van der Waals surface area contributed by atoms with E-state index in [1.807, 2.05) is 51.5 Å². The Morgan fingerprint density at radius 1 is 1.11 bits per heavy atom. The van der Waals surface area contributed by atoms with Gasteiger partial charge in [0.15, 0.2) is 11.5 Å². The molecule has 0 saturated carbocycles. The normalized spacial score (nSPS) is 19.0. The lowest BCUT2D eigenvalue weighted by Crippen LogP contribution is -2.47. The van der Waals surface area contributed by atoms with Gasteiger partial charge in [0.2, 0.25) is 5.91 Å². The zero-order valence-corrected chi connectivity index (χ0v) is 28.9. The molecule has 2 aliphatic rings. The van der Waals surface area contributed by atoms with Crippen molar-refractivity contribution in [2.24, 2.45) is 0 Å². The minimum absolute atomic E-state index is 0.0519. The van der Waals surface area contributed by atoms with Crippen molar-refractivity contribution in [3.8, 4) is 0 Å². The maximum Gasteiger partial charge on any atom is 0.319 e. The molecule has 0 aliphatic carbocycles. The molecule has 3 aromatic rings. The Balaban J connectivity index is 1.16. The third kappa shape index (κ3) is 8.90. The molecule has 2 saturated heterocycles. The predicted octanol–water partition coefficient (Wildman–Crippen LogP) is 4.21. The number of amides is 3. The molecule has 45 heavy (non-hydrogen) atoms. The number of anilines is 2. The van der Waals surface area contributed by atoms with Crippen LogP contribution in [-0.2, 0) is 10.2 Å². The van der Waals surface area contributed by atoms with E-state index in [1.54, 1.807) is 12.4 Å². The van der Waals surface area contributed by atoms with Gasteiger partial charge in [-0.3, -0.25) is 14.1 Å². The van der Waals surface area contributed by atoms with Crippen LogP contribution >= 0.6 is 27.7 Å². The molecule has 244 valence electrons. The first-order chi connectivity index (χ1) is 21.5. The number of urea groups is 1. The van der Waals surface area contributed by atoms with E-state index in [4.69, 9.17) is 0 Å². The lowest BCUT2D eigenvalue weighted by Gasteiger charge is -2.32. The number of hydrogen-bond acceptors (Lipinski definition) is 8. The molecule has 3 amide bonds. The molecule has 2 aromatic heterocycles. The molecule has 1 unspecified atom stereocenters. The molecule has 11 nitrogen and oxygen atoms in total. The van der Waals surface area contributed by atoms with Gasteiger partial charge in [0.1, 0.15) is 4.60 Å². The number of β-amino-alcohol motifs (C(OH)–C–C–N with tert-alkyl or cyclic N) is 1. The fourth-order valence-electron chi connectivity index (χ4n) is 5.91. The van der Waals surface area contributed by atoms with Crippen molar-refractivity contribution in [1.29, 1.82) is 0 Å². The number of nitrogens with zero attached hydrogens (tertiary/aromatic N) is 6. The smallest absolute Gasteiger partial charge is 0.319 e. The van der Waals surface area contributed by atoms with E-state index in [0.717, 1.165) is 46.4 Å². The van der Waals surface area contributed by atoms with Gasteiger partial charge in [-0.15, -0.1) is 0 Å². The summed E-state index contributed by atoms with van der Waals surface area (Å²) in [5.41, 5.74) is 1.78. The highest BCUT2D eigenvalue weighted by molar-refractivity contribution is 9.10. The van der Waals surface area contributed by atoms with Crippen LogP contribution in [0.1, 0.15) is 45.6 Å². The van der Waals surface area contributed by atoms with Crippen molar-refractivity contribution in [3.05, 3.63) is 53.0 Å². The Morgan fingerprint density at radius 2 is 1.87 bits per heavy atom. The number of fused-ring (bicyclic) bond motifs is 1. The molecular formula is C32H45BrN8O3S. The van der Waals surface area contributed by atoms with Crippen LogP contribution in [-0.4, -0.2) is 111 Å². The Hall–Kier alpha value is -2.87. The number of aliphatic hydroxyl groups is 1. The number of nitrogens with one attached hydrogen (secondary N) is 2. The number of hydrogen-bond donors (Lipinski definition) is 3. The van der Waals surface area contributed by atoms with Crippen LogP contribution in [0.2, 0.25) is 0 Å². The summed E-state index contributed by atoms with van der Waals surface area (Å²) >= 11 is 5.41. The molecule has 2 aliphatic heterocycles. The van der Waals surface area contributed by atoms with Gasteiger partial charge < -0.3 is 25.5 Å². The number of thioether (sulfide) groups is 1. The number of carbonyl (C=O) groups excluding carboxylic acids is 2. The fourth-order valence-corrected chi connectivity index (χ4v) is 7.20. The first-order valence-electron chi connectivity index (χ1n) is 15.7. The summed E-state index contributed by atoms with van der Waals surface area (Å²) in [6, 6.07) is 7.67. The molecule has 1 aromatic carbocycles. The minimum atomic E-state index is -0.965. The Labute approximate surface area is 278 Å². The number of benzene rings is 1. The zero-order valence-electron chi connectivity index (χ0n) is 26.5. The van der Waals surface area contributed by atoms with Crippen LogP contribution in [0.5, 0.6) is 0 Å². The molecule has 0 spiro atoms. The predicted molar refractivity (Wildman–Crippen MR) is 184 cm³/mol. The highest BCUT2D eigenvalue weighted by Crippen LogP contribution is 2.30. The lowest BCUT2D eigenvalue weighted by molar-refractivity contribution is -0.131. The van der Waals surface area contributed by atoms with Crippen LogP contribution in [0.3, 0.4) is 0 Å². The Bertz CT molecular complexity index is 1460.